The van der Waals surface area contributed by atoms with E-state index in [0.717, 1.165) is 19.4 Å². The van der Waals surface area contributed by atoms with Crippen LogP contribution in [0.1, 0.15) is 40.5 Å². The molecule has 1 saturated heterocycles. The summed E-state index contributed by atoms with van der Waals surface area (Å²) in [6.45, 7) is 5.06. The zero-order valence-electron chi connectivity index (χ0n) is 17.1. The molecule has 29 heavy (non-hydrogen) atoms. The number of nitrogens with zero attached hydrogens (tertiary/aromatic N) is 3. The Labute approximate surface area is 171 Å². The zero-order valence-corrected chi connectivity index (χ0v) is 17.1. The van der Waals surface area contributed by atoms with Gasteiger partial charge in [-0.1, -0.05) is 25.5 Å². The van der Waals surface area contributed by atoms with Gasteiger partial charge in [0.15, 0.2) is 0 Å². The molecule has 2 amide bonds. The van der Waals surface area contributed by atoms with Crippen molar-refractivity contribution in [1.29, 1.82) is 0 Å². The van der Waals surface area contributed by atoms with Crippen LogP contribution in [0.15, 0.2) is 48.5 Å². The van der Waals surface area contributed by atoms with Crippen LogP contribution in [0.3, 0.4) is 0 Å². The SMILES string of the molecule is CCCCN(C)C(=O)c1ccc(C(=O)N2CCN(c3ccccc3F)CC2)cc1. The van der Waals surface area contributed by atoms with Crippen LogP contribution in [-0.4, -0.2) is 61.4 Å². The Morgan fingerprint density at radius 2 is 1.59 bits per heavy atom. The van der Waals surface area contributed by atoms with Crippen LogP contribution >= 0.6 is 0 Å². The molecule has 2 aromatic rings. The average Bonchev–Trinajstić information content (AvgIpc) is 2.77. The maximum Gasteiger partial charge on any atom is 0.253 e. The molecule has 2 aromatic carbocycles. The summed E-state index contributed by atoms with van der Waals surface area (Å²) in [5.74, 6) is -0.330. The van der Waals surface area contributed by atoms with Crippen molar-refractivity contribution in [3.8, 4) is 0 Å². The molecule has 0 saturated carbocycles. The third-order valence-electron chi connectivity index (χ3n) is 5.33. The quantitative estimate of drug-likeness (QED) is 0.747. The first-order valence-corrected chi connectivity index (χ1v) is 10.2. The molecule has 0 radical (unpaired) electrons. The number of rotatable bonds is 6. The van der Waals surface area contributed by atoms with E-state index in [4.69, 9.17) is 0 Å². The van der Waals surface area contributed by atoms with Gasteiger partial charge in [-0.15, -0.1) is 0 Å². The second kappa shape index (κ2) is 9.54. The summed E-state index contributed by atoms with van der Waals surface area (Å²) in [6, 6.07) is 13.6. The van der Waals surface area contributed by atoms with Crippen molar-refractivity contribution >= 4 is 17.5 Å². The molecule has 0 bridgehead atoms. The van der Waals surface area contributed by atoms with Crippen LogP contribution in [0, 0.1) is 5.82 Å². The summed E-state index contributed by atoms with van der Waals surface area (Å²) in [4.78, 5) is 30.7. The van der Waals surface area contributed by atoms with E-state index in [1.807, 2.05) is 11.0 Å². The number of piperazine rings is 1. The molecule has 0 unspecified atom stereocenters. The van der Waals surface area contributed by atoms with Crippen molar-refractivity contribution in [2.24, 2.45) is 0 Å². The number of hydrogen-bond acceptors (Lipinski definition) is 3. The fourth-order valence-corrected chi connectivity index (χ4v) is 3.51. The number of carbonyl (C=O) groups excluding carboxylic acids is 2. The predicted octanol–water partition coefficient (Wildman–Crippen LogP) is 3.66. The summed E-state index contributed by atoms with van der Waals surface area (Å²) in [6.07, 6.45) is 2.01. The highest BCUT2D eigenvalue weighted by atomic mass is 19.1. The van der Waals surface area contributed by atoms with Gasteiger partial charge >= 0.3 is 0 Å². The molecule has 1 aliphatic heterocycles. The molecule has 0 aliphatic carbocycles. The lowest BCUT2D eigenvalue weighted by Crippen LogP contribution is -2.49. The lowest BCUT2D eigenvalue weighted by atomic mass is 10.1. The number of benzene rings is 2. The van der Waals surface area contributed by atoms with Crippen molar-refractivity contribution in [2.45, 2.75) is 19.8 Å². The minimum atomic E-state index is -0.239. The molecule has 0 spiro atoms. The topological polar surface area (TPSA) is 43.9 Å². The van der Waals surface area contributed by atoms with E-state index >= 15 is 0 Å². The Kier molecular flexibility index (Phi) is 6.86. The average molecular weight is 397 g/mol. The van der Waals surface area contributed by atoms with Crippen LogP contribution in [0.2, 0.25) is 0 Å². The summed E-state index contributed by atoms with van der Waals surface area (Å²) in [5, 5.41) is 0. The molecule has 6 heteroatoms. The van der Waals surface area contributed by atoms with E-state index < -0.39 is 0 Å². The molecule has 1 fully saturated rings. The summed E-state index contributed by atoms with van der Waals surface area (Å²) in [7, 11) is 1.80. The van der Waals surface area contributed by atoms with Gasteiger partial charge in [0.1, 0.15) is 5.82 Å². The van der Waals surface area contributed by atoms with Crippen molar-refractivity contribution < 1.29 is 14.0 Å². The molecule has 1 aliphatic rings. The molecule has 154 valence electrons. The van der Waals surface area contributed by atoms with Crippen molar-refractivity contribution in [3.63, 3.8) is 0 Å². The minimum Gasteiger partial charge on any atom is -0.366 e. The van der Waals surface area contributed by atoms with E-state index in [9.17, 15) is 14.0 Å². The van der Waals surface area contributed by atoms with Crippen molar-refractivity contribution in [1.82, 2.24) is 9.80 Å². The van der Waals surface area contributed by atoms with E-state index in [-0.39, 0.29) is 17.6 Å². The lowest BCUT2D eigenvalue weighted by Gasteiger charge is -2.36. The fraction of sp³-hybridized carbons (Fsp3) is 0.391. The monoisotopic (exact) mass is 397 g/mol. The maximum absolute atomic E-state index is 14.0. The number of para-hydroxylation sites is 1. The molecule has 0 atom stereocenters. The molecular formula is C23H28FN3O2. The van der Waals surface area contributed by atoms with Gasteiger partial charge in [-0.2, -0.15) is 0 Å². The first-order valence-electron chi connectivity index (χ1n) is 10.2. The molecule has 1 heterocycles. The highest BCUT2D eigenvalue weighted by molar-refractivity contribution is 5.97. The standard InChI is InChI=1S/C23H28FN3O2/c1-3-4-13-25(2)22(28)18-9-11-19(12-10-18)23(29)27-16-14-26(15-17-27)21-8-6-5-7-20(21)24/h5-12H,3-4,13-17H2,1-2H3. The number of hydrogen-bond donors (Lipinski definition) is 0. The molecule has 3 rings (SSSR count). The van der Waals surface area contributed by atoms with Gasteiger partial charge in [0.25, 0.3) is 11.8 Å². The van der Waals surface area contributed by atoms with Gasteiger partial charge < -0.3 is 14.7 Å². The largest absolute Gasteiger partial charge is 0.366 e. The first-order chi connectivity index (χ1) is 14.0. The van der Waals surface area contributed by atoms with E-state index in [1.165, 1.54) is 6.07 Å². The van der Waals surface area contributed by atoms with Crippen molar-refractivity contribution in [3.05, 3.63) is 65.5 Å². The van der Waals surface area contributed by atoms with Gasteiger partial charge in [0.05, 0.1) is 5.69 Å². The van der Waals surface area contributed by atoms with E-state index in [0.29, 0.717) is 43.0 Å². The van der Waals surface area contributed by atoms with Gasteiger partial charge in [0, 0.05) is 50.9 Å². The Bertz CT molecular complexity index is 845. The van der Waals surface area contributed by atoms with Gasteiger partial charge in [-0.05, 0) is 42.8 Å². The Balaban J connectivity index is 1.59. The third-order valence-corrected chi connectivity index (χ3v) is 5.33. The maximum atomic E-state index is 14.0. The van der Waals surface area contributed by atoms with Gasteiger partial charge in [-0.25, -0.2) is 4.39 Å². The summed E-state index contributed by atoms with van der Waals surface area (Å²) < 4.78 is 14.0. The molecule has 5 nitrogen and oxygen atoms in total. The first kappa shape index (κ1) is 20.8. The second-order valence-electron chi connectivity index (χ2n) is 7.39. The number of carbonyl (C=O) groups is 2. The molecule has 0 aromatic heterocycles. The summed E-state index contributed by atoms with van der Waals surface area (Å²) in [5.41, 5.74) is 1.73. The highest BCUT2D eigenvalue weighted by Gasteiger charge is 2.23. The van der Waals surface area contributed by atoms with Crippen LogP contribution in [0.4, 0.5) is 10.1 Å². The lowest BCUT2D eigenvalue weighted by molar-refractivity contribution is 0.0744. The number of halogens is 1. The normalized spacial score (nSPS) is 14.0. The van der Waals surface area contributed by atoms with Gasteiger partial charge in [0.2, 0.25) is 0 Å². The third kappa shape index (κ3) is 4.94. The Morgan fingerprint density at radius 3 is 2.21 bits per heavy atom. The fourth-order valence-electron chi connectivity index (χ4n) is 3.51. The smallest absolute Gasteiger partial charge is 0.253 e. The Morgan fingerprint density at radius 1 is 0.966 bits per heavy atom. The second-order valence-corrected chi connectivity index (χ2v) is 7.39. The number of anilines is 1. The molecular weight excluding hydrogens is 369 g/mol. The van der Waals surface area contributed by atoms with Crippen LogP contribution in [0.5, 0.6) is 0 Å². The van der Waals surface area contributed by atoms with Crippen LogP contribution in [-0.2, 0) is 0 Å². The van der Waals surface area contributed by atoms with Crippen LogP contribution in [0.25, 0.3) is 0 Å². The van der Waals surface area contributed by atoms with Crippen molar-refractivity contribution in [2.75, 3.05) is 44.7 Å². The van der Waals surface area contributed by atoms with Gasteiger partial charge in [-0.3, -0.25) is 9.59 Å². The summed E-state index contributed by atoms with van der Waals surface area (Å²) >= 11 is 0. The number of unbranched alkanes of at least 4 members (excludes halogenated alkanes) is 1. The predicted molar refractivity (Wildman–Crippen MR) is 113 cm³/mol. The number of amides is 2. The highest BCUT2D eigenvalue weighted by Crippen LogP contribution is 2.21. The van der Waals surface area contributed by atoms with Crippen LogP contribution < -0.4 is 4.90 Å². The molecule has 0 N–H and O–H groups in total. The van der Waals surface area contributed by atoms with E-state index in [1.54, 1.807) is 53.2 Å². The zero-order chi connectivity index (χ0) is 20.8. The minimum absolute atomic E-state index is 0.0315. The Hall–Kier alpha value is -2.89. The van der Waals surface area contributed by atoms with E-state index in [2.05, 4.69) is 6.92 Å².